The topological polar surface area (TPSA) is 82.7 Å². The number of benzene rings is 2. The standard InChI is InChI=1S/C24H24ClN3O4/c1-27(2)23(30)15-10-8-14(9-11-15)22-21-17(16-6-4-5-7-18(16)26-21)12-19(24(31)32-3)28(22)20(29)13-25/h4-11,19,22,26H,12-13H2,1-3H3/t19-,22+/m1/s1. The van der Waals surface area contributed by atoms with Crippen molar-refractivity contribution >= 4 is 40.3 Å². The first-order valence-electron chi connectivity index (χ1n) is 10.2. The van der Waals surface area contributed by atoms with Crippen molar-refractivity contribution in [1.82, 2.24) is 14.8 Å². The number of amides is 2. The van der Waals surface area contributed by atoms with E-state index in [1.54, 1.807) is 26.2 Å². The van der Waals surface area contributed by atoms with Crippen molar-refractivity contribution in [3.63, 3.8) is 0 Å². The number of esters is 1. The minimum absolute atomic E-state index is 0.118. The van der Waals surface area contributed by atoms with Crippen LogP contribution >= 0.6 is 11.6 Å². The Bertz CT molecular complexity index is 1190. The maximum absolute atomic E-state index is 13.0. The molecule has 0 spiro atoms. The average molecular weight is 454 g/mol. The first-order chi connectivity index (χ1) is 15.4. The van der Waals surface area contributed by atoms with Gasteiger partial charge in [0.2, 0.25) is 5.91 Å². The molecule has 166 valence electrons. The summed E-state index contributed by atoms with van der Waals surface area (Å²) in [6, 6.07) is 13.5. The molecule has 1 aromatic heterocycles. The lowest BCUT2D eigenvalue weighted by molar-refractivity contribution is -0.154. The van der Waals surface area contributed by atoms with Gasteiger partial charge in [0.1, 0.15) is 11.9 Å². The number of para-hydroxylation sites is 1. The molecule has 32 heavy (non-hydrogen) atoms. The summed E-state index contributed by atoms with van der Waals surface area (Å²) < 4.78 is 5.04. The molecule has 0 aliphatic carbocycles. The molecule has 0 radical (unpaired) electrons. The lowest BCUT2D eigenvalue weighted by atomic mass is 9.87. The van der Waals surface area contributed by atoms with E-state index in [0.29, 0.717) is 12.0 Å². The van der Waals surface area contributed by atoms with Crippen LogP contribution in [0.3, 0.4) is 0 Å². The van der Waals surface area contributed by atoms with E-state index in [2.05, 4.69) is 4.98 Å². The molecule has 8 heteroatoms. The van der Waals surface area contributed by atoms with E-state index < -0.39 is 18.1 Å². The molecular formula is C24H24ClN3O4. The van der Waals surface area contributed by atoms with E-state index in [-0.39, 0.29) is 17.7 Å². The number of nitrogens with one attached hydrogen (secondary N) is 1. The van der Waals surface area contributed by atoms with Crippen LogP contribution in [0.15, 0.2) is 48.5 Å². The number of hydrogen-bond donors (Lipinski definition) is 1. The molecule has 0 bridgehead atoms. The molecule has 2 amide bonds. The highest BCUT2D eigenvalue weighted by molar-refractivity contribution is 6.27. The van der Waals surface area contributed by atoms with Crippen LogP contribution in [-0.4, -0.2) is 65.7 Å². The molecule has 0 saturated carbocycles. The number of alkyl halides is 1. The molecule has 2 aromatic carbocycles. The van der Waals surface area contributed by atoms with Crippen molar-refractivity contribution < 1.29 is 19.1 Å². The average Bonchev–Trinajstić information content (AvgIpc) is 3.19. The van der Waals surface area contributed by atoms with E-state index in [0.717, 1.165) is 27.7 Å². The SMILES string of the molecule is COC(=O)[C@H]1Cc2c([nH]c3ccccc23)[C@H](c2ccc(C(=O)N(C)C)cc2)N1C(=O)CCl. The smallest absolute Gasteiger partial charge is 0.328 e. The minimum atomic E-state index is -0.814. The highest BCUT2D eigenvalue weighted by Crippen LogP contribution is 2.41. The van der Waals surface area contributed by atoms with Crippen molar-refractivity contribution in [2.24, 2.45) is 0 Å². The summed E-state index contributed by atoms with van der Waals surface area (Å²) in [5, 5.41) is 0.999. The quantitative estimate of drug-likeness (QED) is 0.486. The molecule has 7 nitrogen and oxygen atoms in total. The van der Waals surface area contributed by atoms with Crippen LogP contribution in [0.1, 0.15) is 33.2 Å². The Balaban J connectivity index is 1.91. The Morgan fingerprint density at radius 3 is 2.44 bits per heavy atom. The Morgan fingerprint density at radius 1 is 1.12 bits per heavy atom. The molecule has 2 atom stereocenters. The Kier molecular flexibility index (Phi) is 5.93. The van der Waals surface area contributed by atoms with Gasteiger partial charge in [0.05, 0.1) is 13.2 Å². The summed E-state index contributed by atoms with van der Waals surface area (Å²) in [4.78, 5) is 44.5. The number of H-pyrrole nitrogens is 1. The van der Waals surface area contributed by atoms with Crippen LogP contribution in [0, 0.1) is 0 Å². The maximum atomic E-state index is 13.0. The van der Waals surface area contributed by atoms with E-state index in [9.17, 15) is 14.4 Å². The molecule has 2 heterocycles. The Hall–Kier alpha value is -3.32. The van der Waals surface area contributed by atoms with Crippen LogP contribution in [0.4, 0.5) is 0 Å². The minimum Gasteiger partial charge on any atom is -0.467 e. The van der Waals surface area contributed by atoms with Gasteiger partial charge in [-0.3, -0.25) is 9.59 Å². The van der Waals surface area contributed by atoms with Crippen molar-refractivity contribution in [3.8, 4) is 0 Å². The van der Waals surface area contributed by atoms with Gasteiger partial charge in [-0.2, -0.15) is 0 Å². The fourth-order valence-electron chi connectivity index (χ4n) is 4.40. The van der Waals surface area contributed by atoms with Crippen LogP contribution in [0.5, 0.6) is 0 Å². The fraction of sp³-hybridized carbons (Fsp3) is 0.292. The van der Waals surface area contributed by atoms with E-state index in [4.69, 9.17) is 16.3 Å². The summed E-state index contributed by atoms with van der Waals surface area (Å²) in [6.45, 7) is 0. The number of nitrogens with zero attached hydrogens (tertiary/aromatic N) is 2. The molecule has 1 N–H and O–H groups in total. The molecule has 1 aliphatic heterocycles. The van der Waals surface area contributed by atoms with Gasteiger partial charge in [0.25, 0.3) is 5.91 Å². The third-order valence-corrected chi connectivity index (χ3v) is 6.12. The summed E-state index contributed by atoms with van der Waals surface area (Å²) in [5.41, 5.74) is 4.02. The number of ether oxygens (including phenoxy) is 1. The van der Waals surface area contributed by atoms with Gasteiger partial charge in [-0.1, -0.05) is 30.3 Å². The zero-order valence-corrected chi connectivity index (χ0v) is 18.8. The van der Waals surface area contributed by atoms with Gasteiger partial charge in [-0.25, -0.2) is 4.79 Å². The molecule has 0 fully saturated rings. The van der Waals surface area contributed by atoms with Gasteiger partial charge < -0.3 is 19.5 Å². The van der Waals surface area contributed by atoms with E-state index in [1.807, 2.05) is 36.4 Å². The number of carbonyl (C=O) groups is 3. The number of aromatic amines is 1. The highest BCUT2D eigenvalue weighted by Gasteiger charge is 2.43. The first kappa shape index (κ1) is 21.9. The molecule has 3 aromatic rings. The normalized spacial score (nSPS) is 17.7. The van der Waals surface area contributed by atoms with Gasteiger partial charge in [0.15, 0.2) is 0 Å². The van der Waals surface area contributed by atoms with Gasteiger partial charge >= 0.3 is 5.97 Å². The highest BCUT2D eigenvalue weighted by atomic mass is 35.5. The molecule has 4 rings (SSSR count). The predicted molar refractivity (Wildman–Crippen MR) is 122 cm³/mol. The fourth-order valence-corrected chi connectivity index (χ4v) is 4.54. The third-order valence-electron chi connectivity index (χ3n) is 5.89. The molecular weight excluding hydrogens is 430 g/mol. The van der Waals surface area contributed by atoms with Crippen molar-refractivity contribution in [2.75, 3.05) is 27.1 Å². The zero-order chi connectivity index (χ0) is 23.0. The van der Waals surface area contributed by atoms with Crippen LogP contribution < -0.4 is 0 Å². The van der Waals surface area contributed by atoms with E-state index in [1.165, 1.54) is 16.9 Å². The predicted octanol–water partition coefficient (Wildman–Crippen LogP) is 3.12. The van der Waals surface area contributed by atoms with E-state index >= 15 is 0 Å². The second-order valence-electron chi connectivity index (χ2n) is 7.96. The third kappa shape index (κ3) is 3.62. The molecule has 0 saturated heterocycles. The van der Waals surface area contributed by atoms with Crippen molar-refractivity contribution in [3.05, 3.63) is 70.9 Å². The molecule has 1 aliphatic rings. The molecule has 0 unspecified atom stereocenters. The second-order valence-corrected chi connectivity index (χ2v) is 8.23. The van der Waals surface area contributed by atoms with Crippen molar-refractivity contribution in [2.45, 2.75) is 18.5 Å². The monoisotopic (exact) mass is 453 g/mol. The van der Waals surface area contributed by atoms with Crippen LogP contribution in [0.2, 0.25) is 0 Å². The summed E-state index contributed by atoms with van der Waals surface area (Å²) in [7, 11) is 4.69. The Labute approximate surface area is 190 Å². The summed E-state index contributed by atoms with van der Waals surface area (Å²) in [6.07, 6.45) is 0.322. The van der Waals surface area contributed by atoms with Gasteiger partial charge in [-0.15, -0.1) is 11.6 Å². The van der Waals surface area contributed by atoms with Crippen LogP contribution in [-0.2, 0) is 20.7 Å². The number of hydrogen-bond acceptors (Lipinski definition) is 4. The zero-order valence-electron chi connectivity index (χ0n) is 18.1. The number of aromatic nitrogens is 1. The number of methoxy groups -OCH3 is 1. The van der Waals surface area contributed by atoms with Crippen molar-refractivity contribution in [1.29, 1.82) is 0 Å². The lowest BCUT2D eigenvalue weighted by Crippen LogP contribution is -2.52. The largest absolute Gasteiger partial charge is 0.467 e. The lowest BCUT2D eigenvalue weighted by Gasteiger charge is -2.40. The van der Waals surface area contributed by atoms with Crippen LogP contribution in [0.25, 0.3) is 10.9 Å². The number of halogens is 1. The first-order valence-corrected chi connectivity index (χ1v) is 10.8. The second kappa shape index (κ2) is 8.67. The number of fused-ring (bicyclic) bond motifs is 3. The van der Waals surface area contributed by atoms with Gasteiger partial charge in [-0.05, 0) is 29.3 Å². The summed E-state index contributed by atoms with van der Waals surface area (Å²) >= 11 is 5.95. The Morgan fingerprint density at radius 2 is 1.81 bits per heavy atom. The summed E-state index contributed by atoms with van der Waals surface area (Å²) in [5.74, 6) is -1.25. The number of carbonyl (C=O) groups excluding carboxylic acids is 3. The van der Waals surface area contributed by atoms with Gasteiger partial charge in [0, 0.05) is 42.7 Å². The number of rotatable bonds is 4. The maximum Gasteiger partial charge on any atom is 0.328 e.